The van der Waals surface area contributed by atoms with Crippen LogP contribution in [-0.4, -0.2) is 34.4 Å². The Morgan fingerprint density at radius 2 is 1.90 bits per heavy atom. The number of fused-ring (bicyclic) bond motifs is 1. The zero-order chi connectivity index (χ0) is 21.3. The van der Waals surface area contributed by atoms with Gasteiger partial charge < -0.3 is 4.90 Å². The van der Waals surface area contributed by atoms with Gasteiger partial charge in [0.05, 0.1) is 0 Å². The van der Waals surface area contributed by atoms with Gasteiger partial charge in [-0.2, -0.15) is 0 Å². The van der Waals surface area contributed by atoms with Gasteiger partial charge in [0.2, 0.25) is 11.8 Å². The van der Waals surface area contributed by atoms with Crippen molar-refractivity contribution in [2.75, 3.05) is 0 Å². The minimum Gasteiger partial charge on any atom is -0.322 e. The first-order chi connectivity index (χ1) is 14.4. The Labute approximate surface area is 177 Å². The van der Waals surface area contributed by atoms with Gasteiger partial charge >= 0.3 is 0 Å². The molecule has 1 saturated carbocycles. The van der Waals surface area contributed by atoms with Gasteiger partial charge in [0, 0.05) is 30.5 Å². The quantitative estimate of drug-likeness (QED) is 0.573. The van der Waals surface area contributed by atoms with Crippen molar-refractivity contribution in [2.45, 2.75) is 77.3 Å². The average Bonchev–Trinajstić information content (AvgIpc) is 3.08. The maximum absolute atomic E-state index is 12.8. The monoisotopic (exact) mass is 410 g/mol. The number of hydrogen-bond acceptors (Lipinski definition) is 4. The molecule has 3 amide bonds. The van der Waals surface area contributed by atoms with Crippen molar-refractivity contribution in [1.82, 2.24) is 10.2 Å². The molecule has 160 valence electrons. The van der Waals surface area contributed by atoms with Gasteiger partial charge in [0.15, 0.2) is 5.78 Å². The van der Waals surface area contributed by atoms with E-state index in [9.17, 15) is 19.2 Å². The van der Waals surface area contributed by atoms with Crippen molar-refractivity contribution in [3.63, 3.8) is 0 Å². The Hall–Kier alpha value is -2.50. The summed E-state index contributed by atoms with van der Waals surface area (Å²) in [5.41, 5.74) is 1.98. The summed E-state index contributed by atoms with van der Waals surface area (Å²) in [7, 11) is 0. The van der Waals surface area contributed by atoms with Gasteiger partial charge in [0.1, 0.15) is 6.04 Å². The van der Waals surface area contributed by atoms with Crippen molar-refractivity contribution in [2.24, 2.45) is 11.8 Å². The molecule has 2 heterocycles. The molecule has 1 unspecified atom stereocenters. The van der Waals surface area contributed by atoms with E-state index in [4.69, 9.17) is 0 Å². The predicted octanol–water partition coefficient (Wildman–Crippen LogP) is 3.63. The van der Waals surface area contributed by atoms with Crippen molar-refractivity contribution in [3.05, 3.63) is 34.9 Å². The fraction of sp³-hybridized carbons (Fsp3) is 0.583. The molecule has 0 bridgehead atoms. The van der Waals surface area contributed by atoms with Gasteiger partial charge in [-0.15, -0.1) is 0 Å². The van der Waals surface area contributed by atoms with Crippen LogP contribution in [0.15, 0.2) is 18.2 Å². The summed E-state index contributed by atoms with van der Waals surface area (Å²) in [5, 5.41) is 2.31. The summed E-state index contributed by atoms with van der Waals surface area (Å²) in [5.74, 6) is 0.507. The van der Waals surface area contributed by atoms with Crippen LogP contribution in [0.1, 0.15) is 91.0 Å². The van der Waals surface area contributed by atoms with E-state index in [0.29, 0.717) is 36.4 Å². The van der Waals surface area contributed by atoms with E-state index in [-0.39, 0.29) is 24.0 Å². The third kappa shape index (κ3) is 4.18. The largest absolute Gasteiger partial charge is 0.322 e. The van der Waals surface area contributed by atoms with Gasteiger partial charge in [-0.05, 0) is 42.4 Å². The molecule has 1 aromatic rings. The van der Waals surface area contributed by atoms with E-state index < -0.39 is 11.9 Å². The summed E-state index contributed by atoms with van der Waals surface area (Å²) in [4.78, 5) is 50.6. The van der Waals surface area contributed by atoms with Gasteiger partial charge in [-0.25, -0.2) is 0 Å². The number of amides is 3. The van der Waals surface area contributed by atoms with Crippen LogP contribution in [0.2, 0.25) is 0 Å². The summed E-state index contributed by atoms with van der Waals surface area (Å²) in [6, 6.07) is 4.63. The Kier molecular flexibility index (Phi) is 6.02. The van der Waals surface area contributed by atoms with E-state index in [1.807, 2.05) is 6.07 Å². The summed E-state index contributed by atoms with van der Waals surface area (Å²) in [6.45, 7) is 2.57. The first-order valence-electron chi connectivity index (χ1n) is 11.2. The Bertz CT molecular complexity index is 872. The number of nitrogens with one attached hydrogen (secondary N) is 1. The molecule has 2 aliphatic heterocycles. The van der Waals surface area contributed by atoms with Crippen molar-refractivity contribution in [3.8, 4) is 0 Å². The van der Waals surface area contributed by atoms with Crippen LogP contribution in [0.5, 0.6) is 0 Å². The highest BCUT2D eigenvalue weighted by molar-refractivity contribution is 6.06. The van der Waals surface area contributed by atoms with Crippen LogP contribution in [0, 0.1) is 11.8 Å². The van der Waals surface area contributed by atoms with Gasteiger partial charge in [-0.3, -0.25) is 24.5 Å². The highest BCUT2D eigenvalue weighted by Crippen LogP contribution is 2.33. The molecule has 1 aromatic carbocycles. The van der Waals surface area contributed by atoms with Crippen LogP contribution in [0.3, 0.4) is 0 Å². The molecule has 6 nitrogen and oxygen atoms in total. The second-order valence-electron chi connectivity index (χ2n) is 9.11. The van der Waals surface area contributed by atoms with Crippen LogP contribution in [-0.2, 0) is 16.1 Å². The van der Waals surface area contributed by atoms with Crippen molar-refractivity contribution >= 4 is 23.5 Å². The number of hydrogen-bond donors (Lipinski definition) is 1. The normalized spacial score (nSPS) is 23.3. The smallest absolute Gasteiger partial charge is 0.255 e. The fourth-order valence-corrected chi connectivity index (χ4v) is 5.19. The molecular weight excluding hydrogens is 380 g/mol. The van der Waals surface area contributed by atoms with Gasteiger partial charge in [-0.1, -0.05) is 45.1 Å². The van der Waals surface area contributed by atoms with E-state index in [2.05, 4.69) is 12.2 Å². The highest BCUT2D eigenvalue weighted by Gasteiger charge is 2.39. The van der Waals surface area contributed by atoms with E-state index in [0.717, 1.165) is 17.9 Å². The Morgan fingerprint density at radius 3 is 2.63 bits per heavy atom. The zero-order valence-electron chi connectivity index (χ0n) is 17.6. The molecular formula is C24H30N2O4. The standard InChI is InChI=1S/C24H30N2O4/c1-15(16-5-3-2-4-6-16)7-11-21(27)17-8-9-19-18(13-17)14-26(24(19)30)20-10-12-22(28)25-23(20)29/h8-9,13,15-16,20H,2-7,10-12,14H2,1H3,(H,25,28,29)/t15-,20?/m0/s1. The SMILES string of the molecule is C[C@@H](CCC(=O)c1ccc2c(c1)CN(C1CCC(=O)NC1=O)C2=O)C1CCCCC1. The predicted molar refractivity (Wildman–Crippen MR) is 112 cm³/mol. The number of carbonyl (C=O) groups is 4. The first-order valence-corrected chi connectivity index (χ1v) is 11.2. The van der Waals surface area contributed by atoms with E-state index >= 15 is 0 Å². The zero-order valence-corrected chi connectivity index (χ0v) is 17.6. The maximum Gasteiger partial charge on any atom is 0.255 e. The van der Waals surface area contributed by atoms with Crippen LogP contribution >= 0.6 is 0 Å². The molecule has 0 radical (unpaired) electrons. The minimum atomic E-state index is -0.627. The van der Waals surface area contributed by atoms with Crippen molar-refractivity contribution in [1.29, 1.82) is 0 Å². The minimum absolute atomic E-state index is 0.118. The third-order valence-corrected chi connectivity index (χ3v) is 7.13. The second kappa shape index (κ2) is 8.70. The fourth-order valence-electron chi connectivity index (χ4n) is 5.19. The van der Waals surface area contributed by atoms with Gasteiger partial charge in [0.25, 0.3) is 5.91 Å². The molecule has 0 spiro atoms. The lowest BCUT2D eigenvalue weighted by Gasteiger charge is -2.29. The highest BCUT2D eigenvalue weighted by atomic mass is 16.2. The summed E-state index contributed by atoms with van der Waals surface area (Å²) >= 11 is 0. The second-order valence-corrected chi connectivity index (χ2v) is 9.11. The number of nitrogens with zero attached hydrogens (tertiary/aromatic N) is 1. The number of benzene rings is 1. The summed E-state index contributed by atoms with van der Waals surface area (Å²) in [6.07, 6.45) is 8.54. The lowest BCUT2D eigenvalue weighted by Crippen LogP contribution is -2.52. The molecule has 30 heavy (non-hydrogen) atoms. The molecule has 6 heteroatoms. The number of Topliss-reactive ketones (excluding diaryl/α,β-unsaturated/α-hetero) is 1. The molecule has 1 saturated heterocycles. The van der Waals surface area contributed by atoms with Crippen molar-refractivity contribution < 1.29 is 19.2 Å². The topological polar surface area (TPSA) is 83.6 Å². The average molecular weight is 411 g/mol. The number of ketones is 1. The molecule has 3 aliphatic rings. The molecule has 1 aliphatic carbocycles. The molecule has 0 aromatic heterocycles. The first kappa shape index (κ1) is 20.8. The summed E-state index contributed by atoms with van der Waals surface area (Å²) < 4.78 is 0. The van der Waals surface area contributed by atoms with Crippen LogP contribution < -0.4 is 5.32 Å². The molecule has 2 fully saturated rings. The lowest BCUT2D eigenvalue weighted by molar-refractivity contribution is -0.136. The molecule has 4 rings (SSSR count). The number of carbonyl (C=O) groups excluding carboxylic acids is 4. The Morgan fingerprint density at radius 1 is 1.13 bits per heavy atom. The lowest BCUT2D eigenvalue weighted by atomic mass is 9.78. The third-order valence-electron chi connectivity index (χ3n) is 7.13. The number of rotatable bonds is 6. The van der Waals surface area contributed by atoms with E-state index in [1.54, 1.807) is 12.1 Å². The van der Waals surface area contributed by atoms with Crippen LogP contribution in [0.4, 0.5) is 0 Å². The van der Waals surface area contributed by atoms with Crippen LogP contribution in [0.25, 0.3) is 0 Å². The van der Waals surface area contributed by atoms with E-state index in [1.165, 1.54) is 37.0 Å². The molecule has 1 N–H and O–H groups in total. The number of piperidine rings is 1. The molecule has 2 atom stereocenters. The number of imide groups is 1. The Balaban J connectivity index is 1.39. The maximum atomic E-state index is 12.8.